The van der Waals surface area contributed by atoms with Crippen molar-refractivity contribution in [3.63, 3.8) is 0 Å². The van der Waals surface area contributed by atoms with E-state index in [1.807, 2.05) is 12.2 Å². The summed E-state index contributed by atoms with van der Waals surface area (Å²) in [7, 11) is 0. The molecule has 0 nitrogen and oxygen atoms in total. The van der Waals surface area contributed by atoms with E-state index in [2.05, 4.69) is 24.3 Å². The molecule has 0 atom stereocenters. The molecule has 0 radical (unpaired) electrons. The summed E-state index contributed by atoms with van der Waals surface area (Å²) in [5, 5.41) is 0. The quantitative estimate of drug-likeness (QED) is 0.470. The fourth-order valence-corrected chi connectivity index (χ4v) is 0.521. The summed E-state index contributed by atoms with van der Waals surface area (Å²) in [6, 6.07) is 0. The Kier molecular flexibility index (Phi) is 4.38. The van der Waals surface area contributed by atoms with Crippen LogP contribution in [0.25, 0.3) is 0 Å². The van der Waals surface area contributed by atoms with Gasteiger partial charge in [0.15, 0.2) is 0 Å². The Morgan fingerprint density at radius 1 is 0.750 bits per heavy atom. The minimum Gasteiger partial charge on any atom is -0.147 e. The third-order valence-corrected chi connectivity index (χ3v) is 0.878. The standard InChI is InChI=1S/C7H8.ClH/c1-2-4-6-7-5-3-1;/h1-6H,7H2;1H. The maximum Gasteiger partial charge on any atom is -0.0163 e. The van der Waals surface area contributed by atoms with E-state index in [0.29, 0.717) is 0 Å². The van der Waals surface area contributed by atoms with E-state index < -0.39 is 0 Å². The first kappa shape index (κ1) is 7.51. The van der Waals surface area contributed by atoms with Crippen LogP contribution >= 0.6 is 12.4 Å². The minimum absolute atomic E-state index is 0. The Hall–Kier alpha value is -0.490. The Morgan fingerprint density at radius 2 is 1.25 bits per heavy atom. The third-order valence-electron chi connectivity index (χ3n) is 0.878. The molecule has 1 aliphatic carbocycles. The monoisotopic (exact) mass is 128 g/mol. The van der Waals surface area contributed by atoms with E-state index in [4.69, 9.17) is 0 Å². The van der Waals surface area contributed by atoms with Gasteiger partial charge in [-0.2, -0.15) is 0 Å². The molecule has 0 bridgehead atoms. The van der Waals surface area contributed by atoms with Crippen molar-refractivity contribution in [3.8, 4) is 0 Å². The Bertz CT molecular complexity index is 106. The molecule has 0 saturated heterocycles. The van der Waals surface area contributed by atoms with Crippen LogP contribution in [0.5, 0.6) is 0 Å². The number of hydrogen-bond donors (Lipinski definition) is 0. The maximum atomic E-state index is 2.12. The average molecular weight is 129 g/mol. The van der Waals surface area contributed by atoms with E-state index >= 15 is 0 Å². The fraction of sp³-hybridized carbons (Fsp3) is 0.143. The van der Waals surface area contributed by atoms with Gasteiger partial charge in [0, 0.05) is 0 Å². The summed E-state index contributed by atoms with van der Waals surface area (Å²) in [5.74, 6) is 0. The molecule has 0 spiro atoms. The second-order valence-electron chi connectivity index (χ2n) is 1.48. The van der Waals surface area contributed by atoms with Crippen molar-refractivity contribution in [1.29, 1.82) is 0 Å². The first-order chi connectivity index (χ1) is 3.50. The predicted octanol–water partition coefficient (Wildman–Crippen LogP) is 2.48. The topological polar surface area (TPSA) is 0 Å². The summed E-state index contributed by atoms with van der Waals surface area (Å²) < 4.78 is 0. The van der Waals surface area contributed by atoms with Gasteiger partial charge in [-0.25, -0.2) is 0 Å². The molecule has 1 aliphatic rings. The Labute approximate surface area is 56.0 Å². The van der Waals surface area contributed by atoms with Gasteiger partial charge < -0.3 is 0 Å². The van der Waals surface area contributed by atoms with Crippen molar-refractivity contribution >= 4 is 12.4 Å². The van der Waals surface area contributed by atoms with Crippen LogP contribution in [0, 0.1) is 0 Å². The molecule has 0 unspecified atom stereocenters. The zero-order valence-corrected chi connectivity index (χ0v) is 5.40. The zero-order chi connectivity index (χ0) is 4.95. The molecule has 0 aliphatic heterocycles. The minimum atomic E-state index is 0. The van der Waals surface area contributed by atoms with Crippen molar-refractivity contribution in [3.05, 3.63) is 36.5 Å². The summed E-state index contributed by atoms with van der Waals surface area (Å²) in [6.45, 7) is 0. The van der Waals surface area contributed by atoms with Crippen molar-refractivity contribution in [2.45, 2.75) is 6.42 Å². The second kappa shape index (κ2) is 4.66. The van der Waals surface area contributed by atoms with Gasteiger partial charge in [-0.05, 0) is 6.42 Å². The van der Waals surface area contributed by atoms with Gasteiger partial charge in [0.2, 0.25) is 0 Å². The van der Waals surface area contributed by atoms with Crippen molar-refractivity contribution < 1.29 is 0 Å². The molecule has 0 aromatic carbocycles. The van der Waals surface area contributed by atoms with Crippen LogP contribution in [0.15, 0.2) is 36.5 Å². The van der Waals surface area contributed by atoms with Crippen molar-refractivity contribution in [2.75, 3.05) is 0 Å². The number of hydrogen-bond acceptors (Lipinski definition) is 0. The summed E-state index contributed by atoms with van der Waals surface area (Å²) in [4.78, 5) is 0. The number of allylic oxidation sites excluding steroid dienone is 6. The third kappa shape index (κ3) is 2.64. The maximum absolute atomic E-state index is 2.12. The summed E-state index contributed by atoms with van der Waals surface area (Å²) in [6.07, 6.45) is 13.5. The largest absolute Gasteiger partial charge is 0.147 e. The molecule has 0 aromatic heterocycles. The van der Waals surface area contributed by atoms with Crippen molar-refractivity contribution in [1.82, 2.24) is 0 Å². The van der Waals surface area contributed by atoms with Gasteiger partial charge in [-0.15, -0.1) is 12.4 Å². The van der Waals surface area contributed by atoms with Gasteiger partial charge in [0.05, 0.1) is 0 Å². The van der Waals surface area contributed by atoms with Crippen LogP contribution in [0.4, 0.5) is 0 Å². The molecule has 1 heteroatoms. The summed E-state index contributed by atoms with van der Waals surface area (Å²) in [5.41, 5.74) is 0. The van der Waals surface area contributed by atoms with Crippen LogP contribution in [0.2, 0.25) is 0 Å². The smallest absolute Gasteiger partial charge is 0.0163 e. The molecule has 8 heavy (non-hydrogen) atoms. The van der Waals surface area contributed by atoms with E-state index in [1.165, 1.54) is 0 Å². The highest BCUT2D eigenvalue weighted by molar-refractivity contribution is 5.85. The van der Waals surface area contributed by atoms with E-state index in [9.17, 15) is 0 Å². The highest BCUT2D eigenvalue weighted by Gasteiger charge is 1.70. The fourth-order valence-electron chi connectivity index (χ4n) is 0.521. The first-order valence-electron chi connectivity index (χ1n) is 2.48. The lowest BCUT2D eigenvalue weighted by atomic mass is 10.4. The van der Waals surface area contributed by atoms with Crippen LogP contribution in [-0.4, -0.2) is 0 Å². The Morgan fingerprint density at radius 3 is 1.75 bits per heavy atom. The van der Waals surface area contributed by atoms with E-state index in [1.54, 1.807) is 0 Å². The molecular formula is C7H9Cl. The van der Waals surface area contributed by atoms with Gasteiger partial charge >= 0.3 is 0 Å². The lowest BCUT2D eigenvalue weighted by Gasteiger charge is -1.69. The van der Waals surface area contributed by atoms with Gasteiger partial charge in [-0.1, -0.05) is 36.5 Å². The van der Waals surface area contributed by atoms with E-state index in [0.717, 1.165) is 6.42 Å². The normalized spacial score (nSPS) is 15.0. The average Bonchev–Trinajstić information content (AvgIpc) is 1.90. The molecule has 0 amide bonds. The summed E-state index contributed by atoms with van der Waals surface area (Å²) >= 11 is 0. The number of halogens is 1. The first-order valence-corrected chi connectivity index (χ1v) is 2.48. The molecule has 1 rings (SSSR count). The van der Waals surface area contributed by atoms with Gasteiger partial charge in [0.1, 0.15) is 0 Å². The zero-order valence-electron chi connectivity index (χ0n) is 4.58. The van der Waals surface area contributed by atoms with Crippen LogP contribution in [-0.2, 0) is 0 Å². The SMILES string of the molecule is C1=CC=CCC=C1.Cl. The molecule has 0 fully saturated rings. The molecule has 0 heterocycles. The van der Waals surface area contributed by atoms with Gasteiger partial charge in [-0.3, -0.25) is 0 Å². The predicted molar refractivity (Wildman–Crippen MR) is 39.3 cm³/mol. The lowest BCUT2D eigenvalue weighted by molar-refractivity contribution is 1.41. The van der Waals surface area contributed by atoms with Crippen molar-refractivity contribution in [2.24, 2.45) is 0 Å². The van der Waals surface area contributed by atoms with Crippen LogP contribution in [0.3, 0.4) is 0 Å². The molecular weight excluding hydrogens is 120 g/mol. The number of rotatable bonds is 0. The highest BCUT2D eigenvalue weighted by Crippen LogP contribution is 1.91. The molecule has 0 saturated carbocycles. The second-order valence-corrected chi connectivity index (χ2v) is 1.48. The molecule has 0 aromatic rings. The van der Waals surface area contributed by atoms with Gasteiger partial charge in [0.25, 0.3) is 0 Å². The van der Waals surface area contributed by atoms with Crippen LogP contribution in [0.1, 0.15) is 6.42 Å². The van der Waals surface area contributed by atoms with E-state index in [-0.39, 0.29) is 12.4 Å². The molecule has 44 valence electrons. The lowest BCUT2D eigenvalue weighted by Crippen LogP contribution is -1.48. The van der Waals surface area contributed by atoms with Crippen LogP contribution < -0.4 is 0 Å². The Balaban J connectivity index is 0.000000490. The highest BCUT2D eigenvalue weighted by atomic mass is 35.5. The molecule has 0 N–H and O–H groups in total.